The first kappa shape index (κ1) is 17.6. The van der Waals surface area contributed by atoms with Gasteiger partial charge in [0.1, 0.15) is 0 Å². The van der Waals surface area contributed by atoms with Gasteiger partial charge in [0.15, 0.2) is 9.73 Å². The van der Waals surface area contributed by atoms with Crippen LogP contribution in [0.4, 0.5) is 5.69 Å². The molecule has 5 rings (SSSR count). The van der Waals surface area contributed by atoms with E-state index in [1.54, 1.807) is 29.7 Å². The molecule has 0 aliphatic carbocycles. The Morgan fingerprint density at radius 3 is 2.55 bits per heavy atom. The van der Waals surface area contributed by atoms with Gasteiger partial charge in [-0.1, -0.05) is 12.1 Å². The summed E-state index contributed by atoms with van der Waals surface area (Å²) in [5.41, 5.74) is 4.13. The van der Waals surface area contributed by atoms with Gasteiger partial charge < -0.3 is 10.3 Å². The van der Waals surface area contributed by atoms with E-state index in [1.165, 1.54) is 0 Å². The topological polar surface area (TPSA) is 67.1 Å². The number of amides is 1. The quantitative estimate of drug-likeness (QED) is 0.397. The number of carbonyl (C=O) groups is 1. The fourth-order valence-electron chi connectivity index (χ4n) is 3.09. The fourth-order valence-corrected chi connectivity index (χ4v) is 4.03. The third-order valence-electron chi connectivity index (χ3n) is 4.59. The highest BCUT2D eigenvalue weighted by atomic mass is 32.1. The van der Waals surface area contributed by atoms with E-state index in [1.807, 2.05) is 69.3 Å². The third kappa shape index (κ3) is 3.39. The molecule has 1 amide bonds. The molecule has 2 aromatic carbocycles. The van der Waals surface area contributed by atoms with Crippen molar-refractivity contribution in [2.45, 2.75) is 0 Å². The first-order chi connectivity index (χ1) is 14.2. The van der Waals surface area contributed by atoms with Crippen molar-refractivity contribution in [1.82, 2.24) is 18.9 Å². The number of nitrogens with one attached hydrogen (secondary N) is 2. The number of fused-ring (bicyclic) bond motifs is 1. The van der Waals surface area contributed by atoms with Crippen LogP contribution in [-0.2, 0) is 0 Å². The number of benzene rings is 2. The summed E-state index contributed by atoms with van der Waals surface area (Å²) in [6.07, 6.45) is 7.61. The van der Waals surface area contributed by atoms with Crippen LogP contribution >= 0.6 is 23.6 Å². The SMILES string of the molecule is O=C(Nc1ccc(-c2cn3ccsc3n2)cc1)c1ccc(-n2cc[nH]c2=S)cc1. The summed E-state index contributed by atoms with van der Waals surface area (Å²) in [5, 5.41) is 4.93. The van der Waals surface area contributed by atoms with Crippen LogP contribution in [0.1, 0.15) is 10.4 Å². The molecule has 8 heteroatoms. The molecular weight excluding hydrogens is 402 g/mol. The number of carbonyl (C=O) groups excluding carboxylic acids is 1. The molecule has 0 fully saturated rings. The minimum atomic E-state index is -0.163. The monoisotopic (exact) mass is 417 g/mol. The van der Waals surface area contributed by atoms with Crippen LogP contribution in [0.15, 0.2) is 78.7 Å². The van der Waals surface area contributed by atoms with Crippen molar-refractivity contribution in [3.63, 3.8) is 0 Å². The molecule has 29 heavy (non-hydrogen) atoms. The lowest BCUT2D eigenvalue weighted by atomic mass is 10.1. The minimum absolute atomic E-state index is 0.163. The highest BCUT2D eigenvalue weighted by molar-refractivity contribution is 7.71. The molecular formula is C21H15N5OS2. The Morgan fingerprint density at radius 1 is 1.07 bits per heavy atom. The second kappa shape index (κ2) is 7.16. The number of hydrogen-bond acceptors (Lipinski definition) is 4. The van der Waals surface area contributed by atoms with Crippen molar-refractivity contribution in [1.29, 1.82) is 0 Å². The number of imidazole rings is 2. The summed E-state index contributed by atoms with van der Waals surface area (Å²) >= 11 is 6.82. The van der Waals surface area contributed by atoms with Crippen molar-refractivity contribution in [3.05, 3.63) is 89.0 Å². The van der Waals surface area contributed by atoms with Gasteiger partial charge >= 0.3 is 0 Å². The Hall–Kier alpha value is -3.49. The zero-order valence-corrected chi connectivity index (χ0v) is 16.7. The summed E-state index contributed by atoms with van der Waals surface area (Å²) in [7, 11) is 0. The Balaban J connectivity index is 1.31. The molecule has 0 radical (unpaired) electrons. The molecule has 0 saturated heterocycles. The second-order valence-electron chi connectivity index (χ2n) is 6.43. The Morgan fingerprint density at radius 2 is 1.86 bits per heavy atom. The summed E-state index contributed by atoms with van der Waals surface area (Å²) in [6.45, 7) is 0. The van der Waals surface area contributed by atoms with Gasteiger partial charge in [-0.05, 0) is 48.6 Å². The van der Waals surface area contributed by atoms with Gasteiger partial charge in [0.05, 0.1) is 5.69 Å². The second-order valence-corrected chi connectivity index (χ2v) is 7.69. The summed E-state index contributed by atoms with van der Waals surface area (Å²) in [5.74, 6) is -0.163. The molecule has 0 aliphatic heterocycles. The van der Waals surface area contributed by atoms with Gasteiger partial charge in [-0.25, -0.2) is 4.98 Å². The maximum atomic E-state index is 12.6. The van der Waals surface area contributed by atoms with Crippen LogP contribution in [0, 0.1) is 4.77 Å². The molecule has 0 unspecified atom stereocenters. The molecule has 0 atom stereocenters. The van der Waals surface area contributed by atoms with E-state index in [4.69, 9.17) is 12.2 Å². The first-order valence-corrected chi connectivity index (χ1v) is 10.2. The molecule has 5 aromatic rings. The number of aromatic amines is 1. The molecule has 142 valence electrons. The number of thiazole rings is 1. The number of anilines is 1. The molecule has 0 bridgehead atoms. The van der Waals surface area contributed by atoms with Crippen LogP contribution in [0.5, 0.6) is 0 Å². The van der Waals surface area contributed by atoms with E-state index in [2.05, 4.69) is 15.3 Å². The molecule has 3 heterocycles. The van der Waals surface area contributed by atoms with Crippen molar-refractivity contribution in [3.8, 4) is 16.9 Å². The van der Waals surface area contributed by atoms with Crippen LogP contribution in [0.25, 0.3) is 21.9 Å². The summed E-state index contributed by atoms with van der Waals surface area (Å²) in [6, 6.07) is 15.0. The minimum Gasteiger partial charge on any atom is -0.337 e. The maximum Gasteiger partial charge on any atom is 0.255 e. The van der Waals surface area contributed by atoms with Gasteiger partial charge in [-0.3, -0.25) is 13.8 Å². The van der Waals surface area contributed by atoms with Gasteiger partial charge in [0.25, 0.3) is 5.91 Å². The van der Waals surface area contributed by atoms with Crippen molar-refractivity contribution in [2.75, 3.05) is 5.32 Å². The molecule has 3 aromatic heterocycles. The van der Waals surface area contributed by atoms with Crippen molar-refractivity contribution in [2.24, 2.45) is 0 Å². The average Bonchev–Trinajstić information content (AvgIpc) is 3.45. The Kier molecular flexibility index (Phi) is 4.34. The highest BCUT2D eigenvalue weighted by Crippen LogP contribution is 2.23. The van der Waals surface area contributed by atoms with E-state index >= 15 is 0 Å². The predicted octanol–water partition coefficient (Wildman–Crippen LogP) is 5.16. The molecule has 6 nitrogen and oxygen atoms in total. The van der Waals surface area contributed by atoms with Gasteiger partial charge in [-0.2, -0.15) is 0 Å². The van der Waals surface area contributed by atoms with E-state index in [-0.39, 0.29) is 5.91 Å². The average molecular weight is 418 g/mol. The van der Waals surface area contributed by atoms with Crippen molar-refractivity contribution >= 4 is 40.1 Å². The van der Waals surface area contributed by atoms with Gasteiger partial charge in [0, 0.05) is 52.7 Å². The first-order valence-electron chi connectivity index (χ1n) is 8.88. The summed E-state index contributed by atoms with van der Waals surface area (Å²) in [4.78, 5) is 21.1. The summed E-state index contributed by atoms with van der Waals surface area (Å²) < 4.78 is 4.45. The van der Waals surface area contributed by atoms with Crippen molar-refractivity contribution < 1.29 is 4.79 Å². The van der Waals surface area contributed by atoms with Crippen LogP contribution in [-0.4, -0.2) is 24.8 Å². The zero-order valence-electron chi connectivity index (χ0n) is 15.1. The van der Waals surface area contributed by atoms with Crippen LogP contribution < -0.4 is 5.32 Å². The normalized spacial score (nSPS) is 11.0. The molecule has 0 aliphatic rings. The zero-order chi connectivity index (χ0) is 19.8. The van der Waals surface area contributed by atoms with E-state index in [0.29, 0.717) is 10.3 Å². The van der Waals surface area contributed by atoms with Crippen LogP contribution in [0.2, 0.25) is 0 Å². The highest BCUT2D eigenvalue weighted by Gasteiger charge is 2.09. The lowest BCUT2D eigenvalue weighted by Gasteiger charge is -2.07. The lowest BCUT2D eigenvalue weighted by molar-refractivity contribution is 0.102. The fraction of sp³-hybridized carbons (Fsp3) is 0. The van der Waals surface area contributed by atoms with Crippen LogP contribution in [0.3, 0.4) is 0 Å². The Bertz CT molecular complexity index is 1330. The molecule has 2 N–H and O–H groups in total. The number of H-pyrrole nitrogens is 1. The predicted molar refractivity (Wildman–Crippen MR) is 117 cm³/mol. The smallest absolute Gasteiger partial charge is 0.255 e. The maximum absolute atomic E-state index is 12.6. The van der Waals surface area contributed by atoms with Gasteiger partial charge in [0.2, 0.25) is 0 Å². The standard InChI is InChI=1S/C21H15N5OS2/c27-19(15-3-7-17(8-4-15)26-10-9-22-20(26)28)23-16-5-1-14(2-6-16)18-13-25-11-12-29-21(25)24-18/h1-13H,(H,22,28)(H,23,27). The molecule has 0 saturated carbocycles. The Labute approximate surface area is 175 Å². The van der Waals surface area contributed by atoms with Gasteiger partial charge in [-0.15, -0.1) is 11.3 Å². The number of hydrogen-bond donors (Lipinski definition) is 2. The molecule has 0 spiro atoms. The lowest BCUT2D eigenvalue weighted by Crippen LogP contribution is -2.11. The van der Waals surface area contributed by atoms with E-state index < -0.39 is 0 Å². The van der Waals surface area contributed by atoms with E-state index in [0.717, 1.165) is 27.6 Å². The number of nitrogens with zero attached hydrogens (tertiary/aromatic N) is 3. The largest absolute Gasteiger partial charge is 0.337 e. The number of rotatable bonds is 4. The van der Waals surface area contributed by atoms with E-state index in [9.17, 15) is 4.79 Å². The number of aromatic nitrogens is 4. The third-order valence-corrected chi connectivity index (χ3v) is 5.67.